The van der Waals surface area contributed by atoms with Gasteiger partial charge < -0.3 is 20.7 Å². The van der Waals surface area contributed by atoms with Crippen molar-refractivity contribution in [3.63, 3.8) is 0 Å². The summed E-state index contributed by atoms with van der Waals surface area (Å²) in [7, 11) is 0. The fourth-order valence-electron chi connectivity index (χ4n) is 2.44. The number of nitrogens with two attached hydrogens (primary N) is 1. The van der Waals surface area contributed by atoms with Crippen LogP contribution in [0.5, 0.6) is 0 Å². The van der Waals surface area contributed by atoms with Crippen LogP contribution in [0.1, 0.15) is 26.2 Å². The van der Waals surface area contributed by atoms with Crippen LogP contribution in [0.25, 0.3) is 0 Å². The van der Waals surface area contributed by atoms with Crippen molar-refractivity contribution < 1.29 is 9.53 Å². The summed E-state index contributed by atoms with van der Waals surface area (Å²) in [6, 6.07) is 2.00. The third kappa shape index (κ3) is 8.29. The van der Waals surface area contributed by atoms with Crippen molar-refractivity contribution in [3.05, 3.63) is 11.8 Å². The summed E-state index contributed by atoms with van der Waals surface area (Å²) in [5.74, 6) is -0.310. The molecule has 1 aliphatic heterocycles. The van der Waals surface area contributed by atoms with Crippen LogP contribution in [0.3, 0.4) is 0 Å². The highest BCUT2D eigenvalue weighted by Gasteiger charge is 2.16. The Hall–Kier alpha value is -1.62. The van der Waals surface area contributed by atoms with Crippen LogP contribution < -0.4 is 11.1 Å². The van der Waals surface area contributed by atoms with Gasteiger partial charge in [-0.1, -0.05) is 13.3 Å². The number of rotatable bonds is 11. The van der Waals surface area contributed by atoms with Crippen molar-refractivity contribution in [3.8, 4) is 6.07 Å². The predicted octanol–water partition coefficient (Wildman–Crippen LogP) is 0.293. The lowest BCUT2D eigenvalue weighted by Crippen LogP contribution is -2.46. The number of nitriles is 1. The summed E-state index contributed by atoms with van der Waals surface area (Å²) >= 11 is 0. The van der Waals surface area contributed by atoms with Crippen molar-refractivity contribution in [1.29, 1.82) is 5.26 Å². The fourth-order valence-corrected chi connectivity index (χ4v) is 2.44. The Balaban J connectivity index is 2.27. The molecule has 7 nitrogen and oxygen atoms in total. The minimum absolute atomic E-state index is 0.161. The van der Waals surface area contributed by atoms with E-state index in [0.29, 0.717) is 19.7 Å². The van der Waals surface area contributed by atoms with Gasteiger partial charge in [0.1, 0.15) is 11.6 Å². The number of ether oxygens (including phenoxy) is 1. The normalized spacial score (nSPS) is 16.0. The Labute approximate surface area is 145 Å². The molecule has 24 heavy (non-hydrogen) atoms. The molecule has 1 amide bonds. The van der Waals surface area contributed by atoms with E-state index in [1.165, 1.54) is 0 Å². The first-order chi connectivity index (χ1) is 11.7. The van der Waals surface area contributed by atoms with E-state index in [0.717, 1.165) is 58.6 Å². The molecule has 1 fully saturated rings. The van der Waals surface area contributed by atoms with E-state index < -0.39 is 0 Å². The number of piperazine rings is 1. The van der Waals surface area contributed by atoms with Crippen molar-refractivity contribution in [2.24, 2.45) is 5.73 Å². The third-order valence-electron chi connectivity index (χ3n) is 3.92. The summed E-state index contributed by atoms with van der Waals surface area (Å²) in [5.41, 5.74) is 5.72. The zero-order valence-electron chi connectivity index (χ0n) is 14.8. The van der Waals surface area contributed by atoms with E-state index in [-0.39, 0.29) is 11.5 Å². The predicted molar refractivity (Wildman–Crippen MR) is 94.1 cm³/mol. The first-order valence-corrected chi connectivity index (χ1v) is 8.85. The van der Waals surface area contributed by atoms with Crippen LogP contribution >= 0.6 is 0 Å². The lowest BCUT2D eigenvalue weighted by molar-refractivity contribution is -0.117. The van der Waals surface area contributed by atoms with Gasteiger partial charge in [-0.15, -0.1) is 0 Å². The average molecular weight is 337 g/mol. The van der Waals surface area contributed by atoms with Crippen molar-refractivity contribution >= 4 is 5.91 Å². The zero-order valence-corrected chi connectivity index (χ0v) is 14.8. The molecular weight excluding hydrogens is 306 g/mol. The van der Waals surface area contributed by atoms with Gasteiger partial charge in [-0.3, -0.25) is 9.69 Å². The number of hydrogen-bond acceptors (Lipinski definition) is 6. The summed E-state index contributed by atoms with van der Waals surface area (Å²) < 4.78 is 5.44. The molecule has 0 radical (unpaired) electrons. The van der Waals surface area contributed by atoms with Crippen LogP contribution in [-0.4, -0.2) is 74.7 Å². The van der Waals surface area contributed by atoms with Gasteiger partial charge in [0, 0.05) is 65.2 Å². The van der Waals surface area contributed by atoms with E-state index in [4.69, 9.17) is 10.5 Å². The zero-order chi connectivity index (χ0) is 17.6. The van der Waals surface area contributed by atoms with Gasteiger partial charge in [0.05, 0.1) is 0 Å². The second-order valence-electron chi connectivity index (χ2n) is 5.90. The van der Waals surface area contributed by atoms with Crippen molar-refractivity contribution in [2.45, 2.75) is 26.2 Å². The third-order valence-corrected chi connectivity index (χ3v) is 3.92. The molecule has 0 spiro atoms. The molecule has 0 saturated carbocycles. The smallest absolute Gasteiger partial charge is 0.263 e. The van der Waals surface area contributed by atoms with Crippen LogP contribution in [0.15, 0.2) is 11.8 Å². The van der Waals surface area contributed by atoms with Crippen LogP contribution in [0.4, 0.5) is 0 Å². The maximum atomic E-state index is 12.1. The number of amides is 1. The minimum atomic E-state index is -0.310. The van der Waals surface area contributed by atoms with Gasteiger partial charge in [0.25, 0.3) is 5.91 Å². The van der Waals surface area contributed by atoms with E-state index in [1.807, 2.05) is 11.0 Å². The van der Waals surface area contributed by atoms with Gasteiger partial charge in [-0.25, -0.2) is 0 Å². The maximum absolute atomic E-state index is 12.1. The molecular formula is C17H31N5O2. The topological polar surface area (TPSA) is 94.6 Å². The molecule has 0 aromatic carbocycles. The summed E-state index contributed by atoms with van der Waals surface area (Å²) in [4.78, 5) is 16.4. The van der Waals surface area contributed by atoms with Gasteiger partial charge >= 0.3 is 0 Å². The van der Waals surface area contributed by atoms with Crippen LogP contribution in [-0.2, 0) is 9.53 Å². The number of nitrogens with zero attached hydrogens (tertiary/aromatic N) is 3. The molecule has 1 heterocycles. The van der Waals surface area contributed by atoms with E-state index in [1.54, 1.807) is 6.20 Å². The fraction of sp³-hybridized carbons (Fsp3) is 0.765. The Bertz CT molecular complexity index is 425. The number of carbonyl (C=O) groups excluding carboxylic acids is 1. The second-order valence-corrected chi connectivity index (χ2v) is 5.90. The van der Waals surface area contributed by atoms with Gasteiger partial charge in [-0.05, 0) is 12.8 Å². The minimum Gasteiger partial charge on any atom is -0.381 e. The van der Waals surface area contributed by atoms with Crippen molar-refractivity contribution in [1.82, 2.24) is 15.1 Å². The van der Waals surface area contributed by atoms with E-state index in [9.17, 15) is 10.1 Å². The number of carbonyl (C=O) groups is 1. The monoisotopic (exact) mass is 337 g/mol. The Kier molecular flexibility index (Phi) is 10.9. The summed E-state index contributed by atoms with van der Waals surface area (Å²) in [5, 5.41) is 12.0. The molecule has 1 rings (SSSR count). The lowest BCUT2D eigenvalue weighted by Gasteiger charge is -2.33. The van der Waals surface area contributed by atoms with E-state index >= 15 is 0 Å². The van der Waals surface area contributed by atoms with Crippen LogP contribution in [0, 0.1) is 11.3 Å². The summed E-state index contributed by atoms with van der Waals surface area (Å²) in [6.07, 6.45) is 4.61. The molecule has 3 N–H and O–H groups in total. The number of nitrogens with one attached hydrogen (secondary N) is 1. The highest BCUT2D eigenvalue weighted by atomic mass is 16.5. The standard InChI is InChI=1S/C17H31N5O2/c1-2-3-12-24-13-4-6-20-17(23)16(14-19)15-22-10-8-21(7-5-18)9-11-22/h15H,2-13,18H2,1H3,(H,20,23)/b16-15-. The quantitative estimate of drug-likeness (QED) is 0.320. The first-order valence-electron chi connectivity index (χ1n) is 8.85. The molecule has 0 bridgehead atoms. The van der Waals surface area contributed by atoms with Gasteiger partial charge in [-0.2, -0.15) is 5.26 Å². The Morgan fingerprint density at radius 3 is 2.62 bits per heavy atom. The number of hydrogen-bond donors (Lipinski definition) is 2. The molecule has 7 heteroatoms. The Morgan fingerprint density at radius 1 is 1.29 bits per heavy atom. The Morgan fingerprint density at radius 2 is 2.00 bits per heavy atom. The molecule has 0 atom stereocenters. The SMILES string of the molecule is CCCCOCCCNC(=O)/C(C#N)=C\N1CCN(CCN)CC1. The van der Waals surface area contributed by atoms with Crippen LogP contribution in [0.2, 0.25) is 0 Å². The second kappa shape index (κ2) is 12.8. The number of unbranched alkanes of at least 4 members (excludes halogenated alkanes) is 1. The maximum Gasteiger partial charge on any atom is 0.263 e. The first kappa shape index (κ1) is 20.4. The molecule has 1 aliphatic rings. The molecule has 0 aromatic rings. The molecule has 1 saturated heterocycles. The van der Waals surface area contributed by atoms with Gasteiger partial charge in [0.15, 0.2) is 0 Å². The average Bonchev–Trinajstić information content (AvgIpc) is 2.60. The highest BCUT2D eigenvalue weighted by molar-refractivity contribution is 5.97. The molecule has 0 aliphatic carbocycles. The largest absolute Gasteiger partial charge is 0.381 e. The molecule has 0 unspecified atom stereocenters. The molecule has 136 valence electrons. The van der Waals surface area contributed by atoms with E-state index in [2.05, 4.69) is 17.1 Å². The highest BCUT2D eigenvalue weighted by Crippen LogP contribution is 2.04. The lowest BCUT2D eigenvalue weighted by atomic mass is 10.2. The molecule has 0 aromatic heterocycles. The van der Waals surface area contributed by atoms with Crippen molar-refractivity contribution in [2.75, 3.05) is 59.0 Å². The summed E-state index contributed by atoms with van der Waals surface area (Å²) in [6.45, 7) is 9.03. The van der Waals surface area contributed by atoms with Gasteiger partial charge in [0.2, 0.25) is 0 Å².